The molecular weight excluding hydrogens is 188 g/mol. The Kier molecular flexibility index (Phi) is 2.96. The minimum absolute atomic E-state index is 0.179. The zero-order valence-electron chi connectivity index (χ0n) is 9.31. The molecule has 1 aliphatic carbocycles. The third-order valence-electron chi connectivity index (χ3n) is 2.64. The van der Waals surface area contributed by atoms with Crippen molar-refractivity contribution in [3.05, 3.63) is 29.8 Å². The first-order chi connectivity index (χ1) is 7.16. The van der Waals surface area contributed by atoms with E-state index < -0.39 is 0 Å². The predicted octanol–water partition coefficient (Wildman–Crippen LogP) is 2.92. The van der Waals surface area contributed by atoms with Crippen LogP contribution in [-0.4, -0.2) is 11.2 Å². The smallest absolute Gasteiger partial charge is 0.120 e. The molecule has 0 amide bonds. The van der Waals surface area contributed by atoms with Gasteiger partial charge < -0.3 is 9.84 Å². The van der Waals surface area contributed by atoms with Gasteiger partial charge in [-0.3, -0.25) is 0 Å². The van der Waals surface area contributed by atoms with E-state index in [9.17, 15) is 5.11 Å². The molecule has 1 aromatic carbocycles. The molecule has 0 bridgehead atoms. The molecule has 1 saturated carbocycles. The molecule has 0 aromatic heterocycles. The van der Waals surface area contributed by atoms with Gasteiger partial charge in [0, 0.05) is 0 Å². The number of hydrogen-bond acceptors (Lipinski definition) is 2. The van der Waals surface area contributed by atoms with Gasteiger partial charge in [-0.25, -0.2) is 0 Å². The quantitative estimate of drug-likeness (QED) is 0.820. The van der Waals surface area contributed by atoms with Crippen LogP contribution >= 0.6 is 0 Å². The Morgan fingerprint density at radius 1 is 1.33 bits per heavy atom. The highest BCUT2D eigenvalue weighted by molar-refractivity contribution is 5.30. The van der Waals surface area contributed by atoms with E-state index in [4.69, 9.17) is 4.74 Å². The summed E-state index contributed by atoms with van der Waals surface area (Å²) in [5.41, 5.74) is 0.982. The van der Waals surface area contributed by atoms with Gasteiger partial charge in [-0.2, -0.15) is 0 Å². The van der Waals surface area contributed by atoms with Crippen molar-refractivity contribution in [1.29, 1.82) is 0 Å². The second-order valence-corrected chi connectivity index (χ2v) is 4.52. The van der Waals surface area contributed by atoms with E-state index in [1.54, 1.807) is 0 Å². The Morgan fingerprint density at radius 3 is 2.67 bits per heavy atom. The summed E-state index contributed by atoms with van der Waals surface area (Å²) < 4.78 is 5.59. The number of hydrogen-bond donors (Lipinski definition) is 1. The SMILES string of the molecule is CC(C)Oc1cccc(C(O)C2CC2)c1. The van der Waals surface area contributed by atoms with Crippen molar-refractivity contribution in [2.75, 3.05) is 0 Å². The van der Waals surface area contributed by atoms with Crippen molar-refractivity contribution < 1.29 is 9.84 Å². The molecule has 0 radical (unpaired) electrons. The summed E-state index contributed by atoms with van der Waals surface area (Å²) in [6.45, 7) is 4.01. The lowest BCUT2D eigenvalue weighted by Crippen LogP contribution is -2.06. The Labute approximate surface area is 90.9 Å². The van der Waals surface area contributed by atoms with Gasteiger partial charge in [-0.15, -0.1) is 0 Å². The highest BCUT2D eigenvalue weighted by Gasteiger charge is 2.30. The van der Waals surface area contributed by atoms with Crippen LogP contribution in [0.3, 0.4) is 0 Å². The van der Waals surface area contributed by atoms with E-state index in [0.717, 1.165) is 24.2 Å². The summed E-state index contributed by atoms with van der Waals surface area (Å²) in [5.74, 6) is 1.32. The lowest BCUT2D eigenvalue weighted by atomic mass is 10.1. The summed E-state index contributed by atoms with van der Waals surface area (Å²) >= 11 is 0. The molecule has 1 atom stereocenters. The first kappa shape index (κ1) is 10.5. The fourth-order valence-electron chi connectivity index (χ4n) is 1.73. The van der Waals surface area contributed by atoms with Crippen molar-refractivity contribution in [2.45, 2.75) is 38.9 Å². The summed E-state index contributed by atoms with van der Waals surface area (Å²) in [6, 6.07) is 7.79. The molecule has 1 fully saturated rings. The maximum atomic E-state index is 9.96. The van der Waals surface area contributed by atoms with Gasteiger partial charge in [-0.1, -0.05) is 12.1 Å². The van der Waals surface area contributed by atoms with E-state index in [-0.39, 0.29) is 12.2 Å². The summed E-state index contributed by atoms with van der Waals surface area (Å²) in [5, 5.41) is 9.96. The monoisotopic (exact) mass is 206 g/mol. The van der Waals surface area contributed by atoms with Crippen LogP contribution in [0.1, 0.15) is 38.4 Å². The molecule has 2 rings (SSSR count). The number of aliphatic hydroxyl groups is 1. The molecular formula is C13H18O2. The van der Waals surface area contributed by atoms with Gasteiger partial charge in [0.2, 0.25) is 0 Å². The predicted molar refractivity (Wildman–Crippen MR) is 59.9 cm³/mol. The maximum absolute atomic E-state index is 9.96. The Bertz CT molecular complexity index is 329. The molecule has 15 heavy (non-hydrogen) atoms. The average Bonchev–Trinajstić information content (AvgIpc) is 2.99. The molecule has 1 N–H and O–H groups in total. The number of benzene rings is 1. The zero-order valence-corrected chi connectivity index (χ0v) is 9.31. The van der Waals surface area contributed by atoms with E-state index in [2.05, 4.69) is 0 Å². The van der Waals surface area contributed by atoms with Crippen LogP contribution in [0.5, 0.6) is 5.75 Å². The first-order valence-electron chi connectivity index (χ1n) is 5.61. The fraction of sp³-hybridized carbons (Fsp3) is 0.538. The number of ether oxygens (including phenoxy) is 1. The maximum Gasteiger partial charge on any atom is 0.120 e. The first-order valence-corrected chi connectivity index (χ1v) is 5.61. The normalized spacial score (nSPS) is 17.9. The van der Waals surface area contributed by atoms with Gasteiger partial charge in [0.25, 0.3) is 0 Å². The third kappa shape index (κ3) is 2.72. The van der Waals surface area contributed by atoms with Crippen LogP contribution in [0, 0.1) is 5.92 Å². The summed E-state index contributed by atoms with van der Waals surface area (Å²) in [7, 11) is 0. The zero-order chi connectivity index (χ0) is 10.8. The molecule has 2 heteroatoms. The van der Waals surface area contributed by atoms with Gasteiger partial charge in [0.15, 0.2) is 0 Å². The highest BCUT2D eigenvalue weighted by atomic mass is 16.5. The van der Waals surface area contributed by atoms with Crippen molar-refractivity contribution in [3.63, 3.8) is 0 Å². The lowest BCUT2D eigenvalue weighted by Gasteiger charge is -2.13. The van der Waals surface area contributed by atoms with Crippen molar-refractivity contribution >= 4 is 0 Å². The van der Waals surface area contributed by atoms with Crippen molar-refractivity contribution in [1.82, 2.24) is 0 Å². The van der Waals surface area contributed by atoms with Gasteiger partial charge in [0.05, 0.1) is 12.2 Å². The molecule has 0 heterocycles. The second-order valence-electron chi connectivity index (χ2n) is 4.52. The highest BCUT2D eigenvalue weighted by Crippen LogP contribution is 2.41. The minimum atomic E-state index is -0.305. The Balaban J connectivity index is 2.10. The molecule has 0 saturated heterocycles. The number of rotatable bonds is 4. The van der Waals surface area contributed by atoms with Crippen LogP contribution in [-0.2, 0) is 0 Å². The molecule has 1 aromatic rings. The Morgan fingerprint density at radius 2 is 2.07 bits per heavy atom. The van der Waals surface area contributed by atoms with E-state index >= 15 is 0 Å². The topological polar surface area (TPSA) is 29.5 Å². The minimum Gasteiger partial charge on any atom is -0.491 e. The summed E-state index contributed by atoms with van der Waals surface area (Å²) in [6.07, 6.45) is 2.17. The molecule has 1 unspecified atom stereocenters. The molecule has 1 aliphatic rings. The van der Waals surface area contributed by atoms with E-state index in [1.807, 2.05) is 38.1 Å². The molecule has 0 spiro atoms. The van der Waals surface area contributed by atoms with Crippen LogP contribution < -0.4 is 4.74 Å². The average molecular weight is 206 g/mol. The van der Waals surface area contributed by atoms with Gasteiger partial charge in [0.1, 0.15) is 5.75 Å². The second kappa shape index (κ2) is 4.23. The van der Waals surface area contributed by atoms with Crippen LogP contribution in [0.2, 0.25) is 0 Å². The van der Waals surface area contributed by atoms with Crippen LogP contribution in [0.25, 0.3) is 0 Å². The largest absolute Gasteiger partial charge is 0.491 e. The van der Waals surface area contributed by atoms with E-state index in [1.165, 1.54) is 0 Å². The lowest BCUT2D eigenvalue weighted by molar-refractivity contribution is 0.153. The standard InChI is InChI=1S/C13H18O2/c1-9(2)15-12-5-3-4-11(8-12)13(14)10-6-7-10/h3-5,8-10,13-14H,6-7H2,1-2H3. The van der Waals surface area contributed by atoms with Crippen LogP contribution in [0.15, 0.2) is 24.3 Å². The fourth-order valence-corrected chi connectivity index (χ4v) is 1.73. The van der Waals surface area contributed by atoms with Crippen molar-refractivity contribution in [3.8, 4) is 5.75 Å². The van der Waals surface area contributed by atoms with Gasteiger partial charge >= 0.3 is 0 Å². The summed E-state index contributed by atoms with van der Waals surface area (Å²) in [4.78, 5) is 0. The van der Waals surface area contributed by atoms with E-state index in [0.29, 0.717) is 5.92 Å². The molecule has 2 nitrogen and oxygen atoms in total. The van der Waals surface area contributed by atoms with Crippen LogP contribution in [0.4, 0.5) is 0 Å². The third-order valence-corrected chi connectivity index (χ3v) is 2.64. The Hall–Kier alpha value is -1.02. The number of aliphatic hydroxyl groups excluding tert-OH is 1. The molecule has 0 aliphatic heterocycles. The molecule has 82 valence electrons. The van der Waals surface area contributed by atoms with Crippen molar-refractivity contribution in [2.24, 2.45) is 5.92 Å². The van der Waals surface area contributed by atoms with Gasteiger partial charge in [-0.05, 0) is 50.3 Å².